The summed E-state index contributed by atoms with van der Waals surface area (Å²) in [5.74, 6) is 0.166. The van der Waals surface area contributed by atoms with Gasteiger partial charge in [0.15, 0.2) is 0 Å². The van der Waals surface area contributed by atoms with Crippen molar-refractivity contribution in [3.8, 4) is 10.6 Å². The highest BCUT2D eigenvalue weighted by Crippen LogP contribution is 2.25. The minimum absolute atomic E-state index is 0.166. The lowest BCUT2D eigenvalue weighted by Gasteiger charge is -2.34. The summed E-state index contributed by atoms with van der Waals surface area (Å²) in [5, 5.41) is 4.12. The molecule has 152 valence electrons. The summed E-state index contributed by atoms with van der Waals surface area (Å²) >= 11 is 3.36. The van der Waals surface area contributed by atoms with E-state index >= 15 is 0 Å². The molecule has 1 amide bonds. The number of carbonyl (C=O) groups excluding carboxylic acids is 1. The Balaban J connectivity index is 1.15. The van der Waals surface area contributed by atoms with Gasteiger partial charge in [-0.2, -0.15) is 0 Å². The van der Waals surface area contributed by atoms with Crippen molar-refractivity contribution >= 4 is 38.8 Å². The number of benzene rings is 2. The summed E-state index contributed by atoms with van der Waals surface area (Å²) in [5.41, 5.74) is 3.04. The van der Waals surface area contributed by atoms with E-state index in [0.717, 1.165) is 59.5 Å². The molecule has 5 nitrogen and oxygen atoms in total. The normalized spacial score (nSPS) is 15.0. The molecule has 2 aromatic heterocycles. The molecule has 1 aliphatic heterocycles. The van der Waals surface area contributed by atoms with Crippen LogP contribution in [0.4, 0.5) is 0 Å². The number of para-hydroxylation sites is 1. The Hall–Kier alpha value is -2.61. The molecular weight excluding hydrogens is 412 g/mol. The lowest BCUT2D eigenvalue weighted by molar-refractivity contribution is -0.132. The Morgan fingerprint density at radius 2 is 1.70 bits per heavy atom. The zero-order chi connectivity index (χ0) is 20.3. The molecule has 30 heavy (non-hydrogen) atoms. The maximum atomic E-state index is 12.8. The van der Waals surface area contributed by atoms with Gasteiger partial charge in [0.2, 0.25) is 5.91 Å². The second-order valence-corrected chi connectivity index (χ2v) is 9.39. The van der Waals surface area contributed by atoms with E-state index in [1.807, 2.05) is 34.5 Å². The average Bonchev–Trinajstić information content (AvgIpc) is 3.41. The molecule has 4 aromatic rings. The number of rotatable bonds is 5. The van der Waals surface area contributed by atoms with Gasteiger partial charge >= 0.3 is 0 Å². The molecule has 7 heteroatoms. The zero-order valence-corrected chi connectivity index (χ0v) is 18.2. The van der Waals surface area contributed by atoms with Crippen molar-refractivity contribution in [2.24, 2.45) is 0 Å². The first-order valence-corrected chi connectivity index (χ1v) is 11.8. The molecule has 0 bridgehead atoms. The predicted octanol–water partition coefficient (Wildman–Crippen LogP) is 4.31. The van der Waals surface area contributed by atoms with E-state index in [-0.39, 0.29) is 5.91 Å². The standard InChI is InChI=1S/C23H22N4OS2/c28-22(14-18-16-29-23(24-18)17-6-2-1-3-7-17)27-12-10-26(11-13-27)15-21-25-19-8-4-5-9-20(19)30-21/h1-9,16H,10-15H2. The highest BCUT2D eigenvalue weighted by molar-refractivity contribution is 7.18. The summed E-state index contributed by atoms with van der Waals surface area (Å²) in [7, 11) is 0. The van der Waals surface area contributed by atoms with Gasteiger partial charge in [0, 0.05) is 37.1 Å². The van der Waals surface area contributed by atoms with E-state index in [4.69, 9.17) is 4.98 Å². The minimum Gasteiger partial charge on any atom is -0.340 e. The third-order valence-electron chi connectivity index (χ3n) is 5.33. The van der Waals surface area contributed by atoms with Gasteiger partial charge in [-0.25, -0.2) is 9.97 Å². The van der Waals surface area contributed by atoms with Crippen LogP contribution in [-0.4, -0.2) is 51.9 Å². The van der Waals surface area contributed by atoms with Crippen LogP contribution in [0.5, 0.6) is 0 Å². The smallest absolute Gasteiger partial charge is 0.228 e. The Morgan fingerprint density at radius 1 is 0.933 bits per heavy atom. The molecule has 3 heterocycles. The van der Waals surface area contributed by atoms with Crippen LogP contribution in [0.25, 0.3) is 20.8 Å². The number of hydrogen-bond donors (Lipinski definition) is 0. The molecule has 5 rings (SSSR count). The molecule has 2 aromatic carbocycles. The number of fused-ring (bicyclic) bond motifs is 1. The Labute approximate surface area is 183 Å². The lowest BCUT2D eigenvalue weighted by atomic mass is 10.2. The fourth-order valence-corrected chi connectivity index (χ4v) is 5.54. The summed E-state index contributed by atoms with van der Waals surface area (Å²) in [6.45, 7) is 4.15. The molecule has 0 N–H and O–H groups in total. The number of amides is 1. The average molecular weight is 435 g/mol. The first kappa shape index (κ1) is 19.4. The maximum Gasteiger partial charge on any atom is 0.228 e. The molecular formula is C23H22N4OS2. The Bertz CT molecular complexity index is 1110. The van der Waals surface area contributed by atoms with E-state index in [9.17, 15) is 4.79 Å². The van der Waals surface area contributed by atoms with Gasteiger partial charge in [0.1, 0.15) is 10.0 Å². The largest absolute Gasteiger partial charge is 0.340 e. The van der Waals surface area contributed by atoms with E-state index in [2.05, 4.69) is 40.2 Å². The molecule has 0 atom stereocenters. The third-order valence-corrected chi connectivity index (χ3v) is 7.29. The van der Waals surface area contributed by atoms with Crippen LogP contribution < -0.4 is 0 Å². The van der Waals surface area contributed by atoms with E-state index in [0.29, 0.717) is 6.42 Å². The second kappa shape index (κ2) is 8.63. The summed E-state index contributed by atoms with van der Waals surface area (Å²) in [4.78, 5) is 26.5. The first-order chi connectivity index (χ1) is 14.7. The van der Waals surface area contributed by atoms with Crippen LogP contribution >= 0.6 is 22.7 Å². The van der Waals surface area contributed by atoms with Crippen LogP contribution in [0, 0.1) is 0 Å². The van der Waals surface area contributed by atoms with Gasteiger partial charge in [0.05, 0.1) is 28.9 Å². The monoisotopic (exact) mass is 434 g/mol. The Morgan fingerprint density at radius 3 is 2.50 bits per heavy atom. The predicted molar refractivity (Wildman–Crippen MR) is 123 cm³/mol. The SMILES string of the molecule is O=C(Cc1csc(-c2ccccc2)n1)N1CCN(Cc2nc3ccccc3s2)CC1. The van der Waals surface area contributed by atoms with E-state index in [1.54, 1.807) is 22.7 Å². The van der Waals surface area contributed by atoms with Gasteiger partial charge in [-0.05, 0) is 12.1 Å². The minimum atomic E-state index is 0.166. The number of aromatic nitrogens is 2. The van der Waals surface area contributed by atoms with Gasteiger partial charge in [-0.3, -0.25) is 9.69 Å². The molecule has 1 saturated heterocycles. The highest BCUT2D eigenvalue weighted by atomic mass is 32.1. The van der Waals surface area contributed by atoms with Crippen molar-refractivity contribution in [2.75, 3.05) is 26.2 Å². The molecule has 1 fully saturated rings. The van der Waals surface area contributed by atoms with Crippen molar-refractivity contribution in [1.29, 1.82) is 0 Å². The number of piperazine rings is 1. The quantitative estimate of drug-likeness (QED) is 0.470. The van der Waals surface area contributed by atoms with Crippen molar-refractivity contribution in [1.82, 2.24) is 19.8 Å². The number of nitrogens with zero attached hydrogens (tertiary/aromatic N) is 4. The van der Waals surface area contributed by atoms with Gasteiger partial charge in [-0.1, -0.05) is 42.5 Å². The molecule has 0 aliphatic carbocycles. The molecule has 0 radical (unpaired) electrons. The number of hydrogen-bond acceptors (Lipinski definition) is 6. The molecule has 0 spiro atoms. The summed E-state index contributed by atoms with van der Waals surface area (Å²) in [6.07, 6.45) is 0.376. The van der Waals surface area contributed by atoms with E-state index in [1.165, 1.54) is 4.70 Å². The fourth-order valence-electron chi connectivity index (χ4n) is 3.70. The number of thiazole rings is 2. The van der Waals surface area contributed by atoms with Crippen LogP contribution in [-0.2, 0) is 17.8 Å². The molecule has 1 aliphatic rings. The van der Waals surface area contributed by atoms with Crippen molar-refractivity contribution in [3.05, 3.63) is 70.7 Å². The highest BCUT2D eigenvalue weighted by Gasteiger charge is 2.22. The summed E-state index contributed by atoms with van der Waals surface area (Å²) < 4.78 is 1.24. The van der Waals surface area contributed by atoms with Gasteiger partial charge in [-0.15, -0.1) is 22.7 Å². The fraction of sp³-hybridized carbons (Fsp3) is 0.261. The third kappa shape index (κ3) is 4.28. The summed E-state index contributed by atoms with van der Waals surface area (Å²) in [6, 6.07) is 18.4. The van der Waals surface area contributed by atoms with Crippen LogP contribution in [0.15, 0.2) is 60.0 Å². The zero-order valence-electron chi connectivity index (χ0n) is 16.5. The first-order valence-electron chi connectivity index (χ1n) is 10.1. The molecule has 0 unspecified atom stereocenters. The van der Waals surface area contributed by atoms with Gasteiger partial charge in [0.25, 0.3) is 0 Å². The van der Waals surface area contributed by atoms with E-state index < -0.39 is 0 Å². The van der Waals surface area contributed by atoms with Crippen molar-refractivity contribution < 1.29 is 4.79 Å². The maximum absolute atomic E-state index is 12.8. The number of carbonyl (C=O) groups is 1. The van der Waals surface area contributed by atoms with Crippen LogP contribution in [0.3, 0.4) is 0 Å². The Kier molecular flexibility index (Phi) is 5.57. The van der Waals surface area contributed by atoms with Gasteiger partial charge < -0.3 is 4.90 Å². The topological polar surface area (TPSA) is 49.3 Å². The van der Waals surface area contributed by atoms with Crippen LogP contribution in [0.2, 0.25) is 0 Å². The van der Waals surface area contributed by atoms with Crippen molar-refractivity contribution in [3.63, 3.8) is 0 Å². The lowest BCUT2D eigenvalue weighted by Crippen LogP contribution is -2.48. The van der Waals surface area contributed by atoms with Crippen molar-refractivity contribution in [2.45, 2.75) is 13.0 Å². The van der Waals surface area contributed by atoms with Crippen LogP contribution in [0.1, 0.15) is 10.7 Å². The second-order valence-electron chi connectivity index (χ2n) is 7.42. The molecule has 0 saturated carbocycles.